The molecule has 0 aromatic heterocycles. The third-order valence-corrected chi connectivity index (χ3v) is 5.74. The second-order valence-electron chi connectivity index (χ2n) is 8.50. The van der Waals surface area contributed by atoms with Crippen LogP contribution in [-0.2, 0) is 19.1 Å². The molecule has 0 atom stereocenters. The van der Waals surface area contributed by atoms with Crippen LogP contribution in [0.2, 0.25) is 0 Å². The van der Waals surface area contributed by atoms with Crippen LogP contribution >= 0.6 is 0 Å². The summed E-state index contributed by atoms with van der Waals surface area (Å²) >= 11 is 0. The van der Waals surface area contributed by atoms with Gasteiger partial charge in [0.05, 0.1) is 13.2 Å². The van der Waals surface area contributed by atoms with Gasteiger partial charge in [-0.2, -0.15) is 0 Å². The second kappa shape index (κ2) is 22.6. The molecular formula is C26H50O4. The molecule has 0 aliphatic carbocycles. The molecule has 0 radical (unpaired) electrons. The van der Waals surface area contributed by atoms with E-state index in [1.54, 1.807) is 13.8 Å². The molecule has 0 fully saturated rings. The van der Waals surface area contributed by atoms with Crippen LogP contribution in [0.5, 0.6) is 0 Å². The lowest BCUT2D eigenvalue weighted by Gasteiger charge is -2.14. The smallest absolute Gasteiger partial charge is 0.320 e. The topological polar surface area (TPSA) is 52.6 Å². The lowest BCUT2D eigenvalue weighted by atomic mass is 9.99. The molecule has 0 N–H and O–H groups in total. The van der Waals surface area contributed by atoms with Gasteiger partial charge in [0, 0.05) is 0 Å². The quantitative estimate of drug-likeness (QED) is 0.101. The molecule has 4 heteroatoms. The van der Waals surface area contributed by atoms with E-state index >= 15 is 0 Å². The zero-order valence-corrected chi connectivity index (χ0v) is 20.4. The molecule has 0 aromatic carbocycles. The maximum absolute atomic E-state index is 11.9. The van der Waals surface area contributed by atoms with Crippen LogP contribution in [0.25, 0.3) is 0 Å². The van der Waals surface area contributed by atoms with Gasteiger partial charge in [-0.1, -0.05) is 116 Å². The summed E-state index contributed by atoms with van der Waals surface area (Å²) in [5.41, 5.74) is 0. The Balaban J connectivity index is 3.49. The Hall–Kier alpha value is -1.06. The number of carbonyl (C=O) groups excluding carboxylic acids is 2. The fraction of sp³-hybridized carbons (Fsp3) is 0.923. The Bertz CT molecular complexity index is 376. The number of unbranched alkanes of at least 4 members (excludes halogenated alkanes) is 16. The maximum atomic E-state index is 11.9. The highest BCUT2D eigenvalue weighted by atomic mass is 16.6. The number of carbonyl (C=O) groups is 2. The molecule has 0 spiro atoms. The second-order valence-corrected chi connectivity index (χ2v) is 8.50. The standard InChI is InChI=1S/C26H50O4/c1-4-7-8-9-10-11-12-13-14-15-16-17-18-19-20-21-22-23-24(25(27)29-5-2)26(28)30-6-3/h24H,4-23H2,1-3H3. The van der Waals surface area contributed by atoms with Crippen molar-refractivity contribution >= 4 is 11.9 Å². The Morgan fingerprint density at radius 3 is 1.10 bits per heavy atom. The van der Waals surface area contributed by atoms with Crippen molar-refractivity contribution in [2.24, 2.45) is 5.92 Å². The van der Waals surface area contributed by atoms with Crippen LogP contribution in [0.15, 0.2) is 0 Å². The van der Waals surface area contributed by atoms with Gasteiger partial charge in [0.25, 0.3) is 0 Å². The SMILES string of the molecule is CCCCCCCCCCCCCCCCCCCC(C(=O)OCC)C(=O)OCC. The summed E-state index contributed by atoms with van der Waals surface area (Å²) in [5, 5.41) is 0. The predicted octanol–water partition coefficient (Wildman–Crippen LogP) is 7.77. The minimum absolute atomic E-state index is 0.299. The molecule has 0 aromatic rings. The normalized spacial score (nSPS) is 11.1. The predicted molar refractivity (Wildman–Crippen MR) is 126 cm³/mol. The van der Waals surface area contributed by atoms with Gasteiger partial charge in [0.15, 0.2) is 5.92 Å². The van der Waals surface area contributed by atoms with Crippen LogP contribution < -0.4 is 0 Å². The average molecular weight is 427 g/mol. The van der Waals surface area contributed by atoms with E-state index in [2.05, 4.69) is 6.92 Å². The van der Waals surface area contributed by atoms with Crippen LogP contribution in [0, 0.1) is 5.92 Å². The first-order valence-electron chi connectivity index (χ1n) is 13.0. The minimum Gasteiger partial charge on any atom is -0.465 e. The van der Waals surface area contributed by atoms with Gasteiger partial charge < -0.3 is 9.47 Å². The van der Waals surface area contributed by atoms with E-state index in [-0.39, 0.29) is 0 Å². The fourth-order valence-corrected chi connectivity index (χ4v) is 3.89. The number of rotatable bonds is 22. The summed E-state index contributed by atoms with van der Waals surface area (Å²) in [6.07, 6.45) is 23.0. The largest absolute Gasteiger partial charge is 0.465 e. The molecule has 178 valence electrons. The fourth-order valence-electron chi connectivity index (χ4n) is 3.89. The van der Waals surface area contributed by atoms with E-state index in [0.29, 0.717) is 19.6 Å². The van der Waals surface area contributed by atoms with Gasteiger partial charge in [-0.25, -0.2) is 0 Å². The monoisotopic (exact) mass is 426 g/mol. The molecule has 30 heavy (non-hydrogen) atoms. The van der Waals surface area contributed by atoms with E-state index in [9.17, 15) is 9.59 Å². The van der Waals surface area contributed by atoms with Crippen LogP contribution in [0.3, 0.4) is 0 Å². The zero-order valence-electron chi connectivity index (χ0n) is 20.4. The lowest BCUT2D eigenvalue weighted by molar-refractivity contribution is -0.161. The molecule has 0 aliphatic heterocycles. The molecule has 0 aliphatic rings. The van der Waals surface area contributed by atoms with E-state index in [1.165, 1.54) is 96.3 Å². The van der Waals surface area contributed by atoms with Crippen molar-refractivity contribution in [2.75, 3.05) is 13.2 Å². The van der Waals surface area contributed by atoms with Crippen LogP contribution in [0.1, 0.15) is 136 Å². The summed E-state index contributed by atoms with van der Waals surface area (Å²) < 4.78 is 10.0. The van der Waals surface area contributed by atoms with Gasteiger partial charge in [0.2, 0.25) is 0 Å². The molecule has 0 saturated heterocycles. The highest BCUT2D eigenvalue weighted by molar-refractivity contribution is 5.94. The molecule has 4 nitrogen and oxygen atoms in total. The van der Waals surface area contributed by atoms with Crippen molar-refractivity contribution in [3.8, 4) is 0 Å². The summed E-state index contributed by atoms with van der Waals surface area (Å²) in [5.74, 6) is -1.62. The number of ether oxygens (including phenoxy) is 2. The average Bonchev–Trinajstić information content (AvgIpc) is 2.73. The van der Waals surface area contributed by atoms with E-state index in [1.807, 2.05) is 0 Å². The molecule has 0 amide bonds. The molecular weight excluding hydrogens is 376 g/mol. The lowest BCUT2D eigenvalue weighted by Crippen LogP contribution is -2.28. The van der Waals surface area contributed by atoms with E-state index < -0.39 is 17.9 Å². The van der Waals surface area contributed by atoms with Crippen LogP contribution in [-0.4, -0.2) is 25.2 Å². The van der Waals surface area contributed by atoms with Crippen LogP contribution in [0.4, 0.5) is 0 Å². The van der Waals surface area contributed by atoms with Crippen molar-refractivity contribution < 1.29 is 19.1 Å². The molecule has 0 rings (SSSR count). The third kappa shape index (κ3) is 17.8. The third-order valence-electron chi connectivity index (χ3n) is 5.74. The van der Waals surface area contributed by atoms with Crippen molar-refractivity contribution in [2.45, 2.75) is 136 Å². The minimum atomic E-state index is -0.749. The first kappa shape index (κ1) is 28.9. The Kier molecular flexibility index (Phi) is 21.8. The van der Waals surface area contributed by atoms with Gasteiger partial charge in [0.1, 0.15) is 0 Å². The summed E-state index contributed by atoms with van der Waals surface area (Å²) in [7, 11) is 0. The summed E-state index contributed by atoms with van der Waals surface area (Å²) in [6, 6.07) is 0. The highest BCUT2D eigenvalue weighted by Crippen LogP contribution is 2.17. The number of hydrogen-bond donors (Lipinski definition) is 0. The molecule has 0 bridgehead atoms. The maximum Gasteiger partial charge on any atom is 0.320 e. The first-order valence-corrected chi connectivity index (χ1v) is 13.0. The van der Waals surface area contributed by atoms with Gasteiger partial charge in [-0.15, -0.1) is 0 Å². The zero-order chi connectivity index (χ0) is 22.3. The van der Waals surface area contributed by atoms with Crippen molar-refractivity contribution in [1.82, 2.24) is 0 Å². The Morgan fingerprint density at radius 2 is 0.800 bits per heavy atom. The summed E-state index contributed by atoms with van der Waals surface area (Å²) in [6.45, 7) is 6.39. The Morgan fingerprint density at radius 1 is 0.500 bits per heavy atom. The van der Waals surface area contributed by atoms with Crippen molar-refractivity contribution in [1.29, 1.82) is 0 Å². The van der Waals surface area contributed by atoms with Crippen molar-refractivity contribution in [3.63, 3.8) is 0 Å². The van der Waals surface area contributed by atoms with E-state index in [4.69, 9.17) is 9.47 Å². The van der Waals surface area contributed by atoms with Crippen molar-refractivity contribution in [3.05, 3.63) is 0 Å². The molecule has 0 unspecified atom stereocenters. The molecule has 0 heterocycles. The molecule has 0 saturated carbocycles. The van der Waals surface area contributed by atoms with Gasteiger partial charge >= 0.3 is 11.9 Å². The van der Waals surface area contributed by atoms with E-state index in [0.717, 1.165) is 12.8 Å². The van der Waals surface area contributed by atoms with Gasteiger partial charge in [-0.05, 0) is 20.3 Å². The number of esters is 2. The van der Waals surface area contributed by atoms with Gasteiger partial charge in [-0.3, -0.25) is 9.59 Å². The first-order chi connectivity index (χ1) is 14.7. The highest BCUT2D eigenvalue weighted by Gasteiger charge is 2.28. The Labute approximate surface area is 186 Å². The summed E-state index contributed by atoms with van der Waals surface area (Å²) in [4.78, 5) is 23.9. The number of hydrogen-bond acceptors (Lipinski definition) is 4.